The molecule has 12 heteroatoms. The van der Waals surface area contributed by atoms with Crippen molar-refractivity contribution in [1.29, 1.82) is 0 Å². The first-order valence-corrected chi connectivity index (χ1v) is 14.3. The Morgan fingerprint density at radius 2 is 1.78 bits per heavy atom. The summed E-state index contributed by atoms with van der Waals surface area (Å²) in [5, 5.41) is 21.6. The first-order valence-electron chi connectivity index (χ1n) is 12.8. The predicted octanol–water partition coefficient (Wildman–Crippen LogP) is 3.30. The number of aliphatic hydroxyl groups is 1. The Balaban J connectivity index is 1.49. The number of hydrogen-bond donors (Lipinski definition) is 3. The van der Waals surface area contributed by atoms with Crippen LogP contribution in [0.15, 0.2) is 77.7 Å². The van der Waals surface area contributed by atoms with Gasteiger partial charge in [0.05, 0.1) is 29.3 Å². The lowest BCUT2D eigenvalue weighted by Gasteiger charge is -2.38. The molecule has 5 rings (SSSR count). The van der Waals surface area contributed by atoms with E-state index in [1.807, 2.05) is 36.4 Å². The molecule has 2 aliphatic heterocycles. The van der Waals surface area contributed by atoms with Crippen LogP contribution in [-0.2, 0) is 16.6 Å². The molecule has 0 saturated heterocycles. The number of nitrogens with one attached hydrogen (secondary N) is 1. The minimum atomic E-state index is -3.62. The van der Waals surface area contributed by atoms with E-state index >= 15 is 0 Å². The third-order valence-electron chi connectivity index (χ3n) is 7.25. The molecule has 2 heterocycles. The minimum absolute atomic E-state index is 0.0172. The molecule has 0 aromatic heterocycles. The smallest absolute Gasteiger partial charge is 0.414 e. The Kier molecular flexibility index (Phi) is 7.72. The maximum Gasteiger partial charge on any atom is 0.414 e. The third kappa shape index (κ3) is 5.36. The van der Waals surface area contributed by atoms with Gasteiger partial charge < -0.3 is 24.6 Å². The molecule has 0 spiro atoms. The van der Waals surface area contributed by atoms with Crippen molar-refractivity contribution in [3.05, 3.63) is 89.5 Å². The molecule has 0 fully saturated rings. The molecule has 3 aromatic rings. The zero-order valence-corrected chi connectivity index (χ0v) is 23.2. The number of rotatable bonds is 7. The van der Waals surface area contributed by atoms with Crippen molar-refractivity contribution in [2.45, 2.75) is 30.2 Å². The molecule has 0 saturated carbocycles. The lowest BCUT2D eigenvalue weighted by Crippen LogP contribution is -2.54. The Labute approximate surface area is 237 Å². The van der Waals surface area contributed by atoms with Crippen molar-refractivity contribution < 1.29 is 37.7 Å². The molecule has 3 N–H and O–H groups in total. The van der Waals surface area contributed by atoms with Gasteiger partial charge in [0.15, 0.2) is 17.7 Å². The Bertz CT molecular complexity index is 1610. The van der Waals surface area contributed by atoms with Crippen LogP contribution >= 0.6 is 0 Å². The number of ether oxygens (including phenoxy) is 2. The third-order valence-corrected chi connectivity index (χ3v) is 8.68. The number of carbonyl (C=O) groups is 2. The average molecular weight is 580 g/mol. The summed E-state index contributed by atoms with van der Waals surface area (Å²) in [5.74, 6) is -0.000664. The minimum Gasteiger partial charge on any atom is -0.493 e. The maximum absolute atomic E-state index is 13.8. The number of nitrogens with zero attached hydrogens (tertiary/aromatic N) is 2. The van der Waals surface area contributed by atoms with Gasteiger partial charge in [0.2, 0.25) is 10.0 Å². The number of benzene rings is 3. The summed E-state index contributed by atoms with van der Waals surface area (Å²) in [7, 11) is -0.867. The second kappa shape index (κ2) is 11.2. The number of aliphatic hydroxyl groups excluding tert-OH is 1. The molecular weight excluding hydrogens is 550 g/mol. The molecule has 1 unspecified atom stereocenters. The number of anilines is 1. The van der Waals surface area contributed by atoms with Crippen LogP contribution in [-0.4, -0.2) is 68.5 Å². The number of carboxylic acid groups (broad SMARTS) is 1. The maximum atomic E-state index is 13.8. The van der Waals surface area contributed by atoms with Crippen LogP contribution in [0.2, 0.25) is 0 Å². The van der Waals surface area contributed by atoms with Crippen LogP contribution in [0, 0.1) is 0 Å². The van der Waals surface area contributed by atoms with Crippen molar-refractivity contribution in [1.82, 2.24) is 9.62 Å². The summed E-state index contributed by atoms with van der Waals surface area (Å²) < 4.78 is 37.9. The zero-order chi connectivity index (χ0) is 29.3. The molecule has 2 amide bonds. The number of methoxy groups -OCH3 is 1. The van der Waals surface area contributed by atoms with Gasteiger partial charge in [-0.3, -0.25) is 4.79 Å². The fraction of sp³-hybridized carbons (Fsp3) is 0.241. The van der Waals surface area contributed by atoms with Crippen LogP contribution in [0.1, 0.15) is 27.9 Å². The highest BCUT2D eigenvalue weighted by Crippen LogP contribution is 2.42. The number of amides is 2. The van der Waals surface area contributed by atoms with Gasteiger partial charge in [0.25, 0.3) is 5.91 Å². The number of sulfonamides is 1. The van der Waals surface area contributed by atoms with E-state index in [-0.39, 0.29) is 47.2 Å². The van der Waals surface area contributed by atoms with Crippen LogP contribution in [0.3, 0.4) is 0 Å². The van der Waals surface area contributed by atoms with Gasteiger partial charge in [-0.1, -0.05) is 48.5 Å². The second-order valence-corrected chi connectivity index (χ2v) is 11.4. The van der Waals surface area contributed by atoms with Gasteiger partial charge in [-0.25, -0.2) is 22.8 Å². The molecule has 0 bridgehead atoms. The molecule has 2 aliphatic rings. The fourth-order valence-electron chi connectivity index (χ4n) is 5.08. The van der Waals surface area contributed by atoms with Crippen molar-refractivity contribution in [3.8, 4) is 11.5 Å². The van der Waals surface area contributed by atoms with E-state index in [0.29, 0.717) is 5.56 Å². The summed E-state index contributed by atoms with van der Waals surface area (Å²) in [6.45, 7) is 0.282. The second-order valence-electron chi connectivity index (χ2n) is 9.55. The summed E-state index contributed by atoms with van der Waals surface area (Å²) >= 11 is 0. The molecule has 214 valence electrons. The van der Waals surface area contributed by atoms with E-state index in [9.17, 15) is 28.2 Å². The van der Waals surface area contributed by atoms with Crippen LogP contribution in [0.4, 0.5) is 10.5 Å². The van der Waals surface area contributed by atoms with Crippen molar-refractivity contribution >= 4 is 33.3 Å². The highest BCUT2D eigenvalue weighted by Gasteiger charge is 2.44. The lowest BCUT2D eigenvalue weighted by atomic mass is 9.93. The van der Waals surface area contributed by atoms with E-state index in [4.69, 9.17) is 9.47 Å². The normalized spacial score (nSPS) is 18.6. The molecule has 41 heavy (non-hydrogen) atoms. The van der Waals surface area contributed by atoms with Crippen LogP contribution in [0.5, 0.6) is 11.5 Å². The Morgan fingerprint density at radius 3 is 2.41 bits per heavy atom. The van der Waals surface area contributed by atoms with Crippen molar-refractivity contribution in [2.24, 2.45) is 0 Å². The molecule has 11 nitrogen and oxygen atoms in total. The highest BCUT2D eigenvalue weighted by atomic mass is 32.2. The molecule has 2 atom stereocenters. The Morgan fingerprint density at radius 1 is 1.07 bits per heavy atom. The summed E-state index contributed by atoms with van der Waals surface area (Å²) in [4.78, 5) is 28.6. The average Bonchev–Trinajstić information content (AvgIpc) is 3.08. The van der Waals surface area contributed by atoms with E-state index in [1.54, 1.807) is 12.1 Å². The van der Waals surface area contributed by atoms with E-state index < -0.39 is 34.3 Å². The summed E-state index contributed by atoms with van der Waals surface area (Å²) in [6.07, 6.45) is -1.09. The van der Waals surface area contributed by atoms with Gasteiger partial charge in [-0.15, -0.1) is 0 Å². The first kappa shape index (κ1) is 28.1. The quantitative estimate of drug-likeness (QED) is 0.387. The van der Waals surface area contributed by atoms with Crippen LogP contribution < -0.4 is 19.1 Å². The van der Waals surface area contributed by atoms with Gasteiger partial charge in [0, 0.05) is 12.6 Å². The fourth-order valence-corrected chi connectivity index (χ4v) is 5.81. The molecule has 3 aromatic carbocycles. The van der Waals surface area contributed by atoms with Gasteiger partial charge in [0.1, 0.15) is 6.61 Å². The molecule has 0 aliphatic carbocycles. The van der Waals surface area contributed by atoms with Gasteiger partial charge in [-0.05, 0) is 48.4 Å². The van der Waals surface area contributed by atoms with Crippen molar-refractivity contribution in [2.75, 3.05) is 25.6 Å². The highest BCUT2D eigenvalue weighted by molar-refractivity contribution is 7.89. The van der Waals surface area contributed by atoms with Crippen molar-refractivity contribution in [3.63, 3.8) is 0 Å². The van der Waals surface area contributed by atoms with Gasteiger partial charge in [-0.2, -0.15) is 0 Å². The number of carbonyl (C=O) groups excluding carboxylic acids is 1. The van der Waals surface area contributed by atoms with Crippen LogP contribution in [0.25, 0.3) is 5.57 Å². The van der Waals surface area contributed by atoms with Gasteiger partial charge >= 0.3 is 6.09 Å². The largest absolute Gasteiger partial charge is 0.493 e. The van der Waals surface area contributed by atoms with E-state index in [0.717, 1.165) is 16.0 Å². The SMILES string of the molecule is CNS(=O)(=O)c1ccc(C2=CCN3C(=O)c4cc(OC)c(OCc5ccccc5)cc4N(C(=O)O)C(O)[C@@H]3C2)cc1. The molecule has 0 radical (unpaired) electrons. The predicted molar refractivity (Wildman–Crippen MR) is 150 cm³/mol. The monoisotopic (exact) mass is 579 g/mol. The number of hydrogen-bond acceptors (Lipinski definition) is 7. The Hall–Kier alpha value is -4.39. The summed E-state index contributed by atoms with van der Waals surface area (Å²) in [6, 6.07) is 17.5. The van der Waals surface area contributed by atoms with E-state index in [1.165, 1.54) is 43.3 Å². The zero-order valence-electron chi connectivity index (χ0n) is 22.4. The van der Waals surface area contributed by atoms with E-state index in [2.05, 4.69) is 4.72 Å². The molecular formula is C29H29N3O8S. The topological polar surface area (TPSA) is 146 Å². The first-order chi connectivity index (χ1) is 19.6. The lowest BCUT2D eigenvalue weighted by molar-refractivity contribution is 0.0411. The summed E-state index contributed by atoms with van der Waals surface area (Å²) in [5.41, 5.74) is 2.35. The standard InChI is InChI=1S/C29H29N3O8S/c1-30-41(37,38)21-10-8-19(9-11-21)20-12-13-31-24(14-20)28(34)32(29(35)36)23-16-26(25(39-2)15-22(23)27(31)33)40-17-18-6-4-3-5-7-18/h3-12,15-16,24,28,30,34H,13-14,17H2,1-2H3,(H,35,36)/t24-,28?/m0/s1. The number of fused-ring (bicyclic) bond motifs is 2.